The predicted octanol–water partition coefficient (Wildman–Crippen LogP) is 2.46. The second kappa shape index (κ2) is 5.27. The summed E-state index contributed by atoms with van der Waals surface area (Å²) < 4.78 is 5.13. The zero-order valence-corrected chi connectivity index (χ0v) is 8.78. The predicted molar refractivity (Wildman–Crippen MR) is 56.8 cm³/mol. The Bertz CT molecular complexity index is 321. The Hall–Kier alpha value is -1.51. The van der Waals surface area contributed by atoms with Crippen LogP contribution in [0.2, 0.25) is 0 Å². The summed E-state index contributed by atoms with van der Waals surface area (Å²) in [5, 5.41) is 3.95. The van der Waals surface area contributed by atoms with Gasteiger partial charge in [-0.25, -0.2) is 0 Å². The first kappa shape index (κ1) is 10.6. The van der Waals surface area contributed by atoms with Crippen LogP contribution in [0.3, 0.4) is 0 Å². The third kappa shape index (κ3) is 2.49. The molecule has 0 amide bonds. The zero-order chi connectivity index (χ0) is 10.4. The Labute approximate surface area is 84.3 Å². The smallest absolute Gasteiger partial charge is 0.119 e. The van der Waals surface area contributed by atoms with E-state index in [1.165, 1.54) is 0 Å². The van der Waals surface area contributed by atoms with Crippen molar-refractivity contribution < 1.29 is 9.57 Å². The quantitative estimate of drug-likeness (QED) is 0.543. The van der Waals surface area contributed by atoms with E-state index in [2.05, 4.69) is 5.16 Å². The highest BCUT2D eigenvalue weighted by Gasteiger charge is 2.02. The summed E-state index contributed by atoms with van der Waals surface area (Å²) in [5.74, 6) is 0.833. The lowest BCUT2D eigenvalue weighted by Crippen LogP contribution is -1.99. The number of hydrogen-bond donors (Lipinski definition) is 0. The summed E-state index contributed by atoms with van der Waals surface area (Å²) in [7, 11) is 3.20. The fourth-order valence-corrected chi connectivity index (χ4v) is 1.23. The summed E-state index contributed by atoms with van der Waals surface area (Å²) in [5.41, 5.74) is 1.96. The number of methoxy groups -OCH3 is 1. The molecule has 0 saturated heterocycles. The molecule has 1 aromatic rings. The molecule has 0 aliphatic rings. The van der Waals surface area contributed by atoms with Gasteiger partial charge in [0.05, 0.1) is 12.8 Å². The molecule has 76 valence electrons. The van der Waals surface area contributed by atoms with Crippen LogP contribution in [0.4, 0.5) is 0 Å². The first-order valence-electron chi connectivity index (χ1n) is 4.56. The molecule has 3 nitrogen and oxygen atoms in total. The van der Waals surface area contributed by atoms with Crippen LogP contribution in [0.1, 0.15) is 18.9 Å². The van der Waals surface area contributed by atoms with Crippen LogP contribution >= 0.6 is 0 Å². The van der Waals surface area contributed by atoms with Crippen molar-refractivity contribution >= 4 is 5.71 Å². The first-order valence-corrected chi connectivity index (χ1v) is 4.56. The van der Waals surface area contributed by atoms with Gasteiger partial charge < -0.3 is 9.57 Å². The van der Waals surface area contributed by atoms with E-state index in [1.807, 2.05) is 31.2 Å². The Balaban J connectivity index is 2.98. The van der Waals surface area contributed by atoms with Gasteiger partial charge in [-0.2, -0.15) is 0 Å². The minimum Gasteiger partial charge on any atom is -0.497 e. The summed E-state index contributed by atoms with van der Waals surface area (Å²) in [6, 6.07) is 7.78. The Kier molecular flexibility index (Phi) is 3.98. The number of benzene rings is 1. The van der Waals surface area contributed by atoms with Crippen LogP contribution in [-0.2, 0) is 4.84 Å². The molecule has 0 aromatic heterocycles. The van der Waals surface area contributed by atoms with Gasteiger partial charge in [0, 0.05) is 5.56 Å². The molecule has 0 aliphatic heterocycles. The molecule has 1 aromatic carbocycles. The molecule has 0 radical (unpaired) electrons. The van der Waals surface area contributed by atoms with E-state index in [-0.39, 0.29) is 0 Å². The maximum absolute atomic E-state index is 5.13. The van der Waals surface area contributed by atoms with Gasteiger partial charge in [0.15, 0.2) is 0 Å². The van der Waals surface area contributed by atoms with Crippen molar-refractivity contribution in [3.63, 3.8) is 0 Å². The summed E-state index contributed by atoms with van der Waals surface area (Å²) >= 11 is 0. The lowest BCUT2D eigenvalue weighted by Gasteiger charge is -2.05. The number of rotatable bonds is 4. The van der Waals surface area contributed by atoms with Crippen LogP contribution < -0.4 is 4.74 Å². The topological polar surface area (TPSA) is 30.8 Å². The van der Waals surface area contributed by atoms with Crippen molar-refractivity contribution in [2.45, 2.75) is 13.3 Å². The van der Waals surface area contributed by atoms with Gasteiger partial charge in [-0.05, 0) is 18.6 Å². The van der Waals surface area contributed by atoms with Crippen LogP contribution in [0.15, 0.2) is 29.4 Å². The maximum Gasteiger partial charge on any atom is 0.119 e. The Morgan fingerprint density at radius 3 is 2.71 bits per heavy atom. The molecule has 14 heavy (non-hydrogen) atoms. The molecule has 0 saturated carbocycles. The molecule has 0 unspecified atom stereocenters. The van der Waals surface area contributed by atoms with E-state index in [4.69, 9.17) is 9.57 Å². The molecule has 1 rings (SSSR count). The Morgan fingerprint density at radius 1 is 1.36 bits per heavy atom. The van der Waals surface area contributed by atoms with E-state index < -0.39 is 0 Å². The molecule has 0 atom stereocenters. The number of oxime groups is 1. The van der Waals surface area contributed by atoms with Gasteiger partial charge in [0.1, 0.15) is 12.9 Å². The monoisotopic (exact) mass is 193 g/mol. The second-order valence-electron chi connectivity index (χ2n) is 2.81. The van der Waals surface area contributed by atoms with Gasteiger partial charge in [-0.3, -0.25) is 0 Å². The van der Waals surface area contributed by atoms with Crippen molar-refractivity contribution in [3.05, 3.63) is 29.8 Å². The molecular weight excluding hydrogens is 178 g/mol. The summed E-state index contributed by atoms with van der Waals surface area (Å²) in [6.45, 7) is 2.04. The molecule has 0 N–H and O–H groups in total. The van der Waals surface area contributed by atoms with E-state index in [0.29, 0.717) is 0 Å². The van der Waals surface area contributed by atoms with Gasteiger partial charge in [0.2, 0.25) is 0 Å². The highest BCUT2D eigenvalue weighted by atomic mass is 16.6. The maximum atomic E-state index is 5.13. The fourth-order valence-electron chi connectivity index (χ4n) is 1.23. The second-order valence-corrected chi connectivity index (χ2v) is 2.81. The molecule has 0 bridgehead atoms. The van der Waals surface area contributed by atoms with Crippen molar-refractivity contribution in [1.82, 2.24) is 0 Å². The van der Waals surface area contributed by atoms with Crippen molar-refractivity contribution in [2.75, 3.05) is 14.2 Å². The molecule has 0 aliphatic carbocycles. The van der Waals surface area contributed by atoms with Crippen LogP contribution in [0, 0.1) is 0 Å². The third-order valence-electron chi connectivity index (χ3n) is 1.94. The zero-order valence-electron chi connectivity index (χ0n) is 8.78. The number of nitrogens with zero attached hydrogens (tertiary/aromatic N) is 1. The van der Waals surface area contributed by atoms with Crippen molar-refractivity contribution in [1.29, 1.82) is 0 Å². The molecule has 0 fully saturated rings. The molecule has 0 heterocycles. The van der Waals surface area contributed by atoms with Gasteiger partial charge in [-0.15, -0.1) is 0 Å². The van der Waals surface area contributed by atoms with Crippen molar-refractivity contribution in [2.24, 2.45) is 5.16 Å². The average Bonchev–Trinajstić information content (AvgIpc) is 2.26. The SMILES string of the molecule is CC/C(=N\OC)c1cccc(OC)c1. The Morgan fingerprint density at radius 2 is 2.14 bits per heavy atom. The molecular formula is C11H15NO2. The number of hydrogen-bond acceptors (Lipinski definition) is 3. The van der Waals surface area contributed by atoms with E-state index in [9.17, 15) is 0 Å². The van der Waals surface area contributed by atoms with Gasteiger partial charge >= 0.3 is 0 Å². The lowest BCUT2D eigenvalue weighted by molar-refractivity contribution is 0.213. The summed E-state index contributed by atoms with van der Waals surface area (Å²) in [6.07, 6.45) is 0.834. The highest BCUT2D eigenvalue weighted by molar-refractivity contribution is 6.00. The standard InChI is InChI=1S/C11H15NO2/c1-4-11(12-14-3)9-6-5-7-10(8-9)13-2/h5-8H,4H2,1-3H3/b12-11+. The van der Waals surface area contributed by atoms with E-state index >= 15 is 0 Å². The van der Waals surface area contributed by atoms with Crippen LogP contribution in [-0.4, -0.2) is 19.9 Å². The lowest BCUT2D eigenvalue weighted by atomic mass is 10.1. The van der Waals surface area contributed by atoms with Crippen molar-refractivity contribution in [3.8, 4) is 5.75 Å². The highest BCUT2D eigenvalue weighted by Crippen LogP contribution is 2.14. The van der Waals surface area contributed by atoms with E-state index in [1.54, 1.807) is 14.2 Å². The minimum absolute atomic E-state index is 0.833. The fraction of sp³-hybridized carbons (Fsp3) is 0.364. The molecule has 3 heteroatoms. The summed E-state index contributed by atoms with van der Waals surface area (Å²) in [4.78, 5) is 4.77. The first-order chi connectivity index (χ1) is 6.81. The normalized spacial score (nSPS) is 11.2. The molecule has 0 spiro atoms. The third-order valence-corrected chi connectivity index (χ3v) is 1.94. The largest absolute Gasteiger partial charge is 0.497 e. The van der Waals surface area contributed by atoms with Crippen LogP contribution in [0.5, 0.6) is 5.75 Å². The van der Waals surface area contributed by atoms with Gasteiger partial charge in [0.25, 0.3) is 0 Å². The average molecular weight is 193 g/mol. The number of ether oxygens (including phenoxy) is 1. The van der Waals surface area contributed by atoms with Gasteiger partial charge in [-0.1, -0.05) is 24.2 Å². The van der Waals surface area contributed by atoms with Crippen LogP contribution in [0.25, 0.3) is 0 Å². The van der Waals surface area contributed by atoms with E-state index in [0.717, 1.165) is 23.4 Å². The minimum atomic E-state index is 0.833.